The van der Waals surface area contributed by atoms with E-state index in [-0.39, 0.29) is 32.3 Å². The van der Waals surface area contributed by atoms with Crippen LogP contribution in [0.3, 0.4) is 0 Å². The Balaban J connectivity index is 1.15. The standard InChI is InChI=1S/C31H54FNO17/c1-44-20(36)8-6-4-2-3-5-7-9-45-29-27(42)24(39)18(49-29)13-47-31-28(43)25(40)19(50-31)14-46-30-26(41)23(38)17(48-30)11-33-10-15(32)22(37)21(33)16(35)12-34/h15-19,21-31,34-35,37-43H,2-14H2,1H3/t15-,16+,17-,18-,19-,21+,22+,23-,24-,25-,26+,27+,28+,29+,30+,31+/m1/s1. The molecule has 4 fully saturated rings. The summed E-state index contributed by atoms with van der Waals surface area (Å²) in [5.41, 5.74) is 0. The van der Waals surface area contributed by atoms with Gasteiger partial charge >= 0.3 is 5.97 Å². The van der Waals surface area contributed by atoms with Gasteiger partial charge in [0.2, 0.25) is 0 Å². The van der Waals surface area contributed by atoms with Gasteiger partial charge in [-0.15, -0.1) is 0 Å². The molecule has 0 unspecified atom stereocenters. The molecule has 0 bridgehead atoms. The van der Waals surface area contributed by atoms with Gasteiger partial charge in [0, 0.05) is 26.1 Å². The zero-order chi connectivity index (χ0) is 36.5. The molecule has 292 valence electrons. The highest BCUT2D eigenvalue weighted by molar-refractivity contribution is 5.68. The molecule has 4 rings (SSSR count). The van der Waals surface area contributed by atoms with Gasteiger partial charge in [-0.3, -0.25) is 9.69 Å². The lowest BCUT2D eigenvalue weighted by Crippen LogP contribution is -2.50. The molecule has 4 saturated heterocycles. The van der Waals surface area contributed by atoms with Gasteiger partial charge in [-0.1, -0.05) is 25.7 Å². The van der Waals surface area contributed by atoms with Crippen molar-refractivity contribution in [2.75, 3.05) is 46.6 Å². The van der Waals surface area contributed by atoms with Crippen LogP contribution < -0.4 is 0 Å². The van der Waals surface area contributed by atoms with E-state index in [0.29, 0.717) is 12.8 Å². The quantitative estimate of drug-likeness (QED) is 0.0427. The van der Waals surface area contributed by atoms with E-state index in [0.717, 1.165) is 32.1 Å². The van der Waals surface area contributed by atoms with E-state index in [4.69, 9.17) is 28.4 Å². The Labute approximate surface area is 289 Å². The minimum absolute atomic E-state index is 0.217. The number of rotatable bonds is 20. The van der Waals surface area contributed by atoms with Crippen LogP contribution in [0, 0.1) is 0 Å². The number of nitrogens with zero attached hydrogens (tertiary/aromatic N) is 1. The first kappa shape index (κ1) is 41.5. The minimum Gasteiger partial charge on any atom is -0.469 e. The monoisotopic (exact) mass is 731 g/mol. The Bertz CT molecular complexity index is 1020. The Morgan fingerprint density at radius 2 is 1.20 bits per heavy atom. The molecule has 4 aliphatic rings. The molecule has 18 nitrogen and oxygen atoms in total. The van der Waals surface area contributed by atoms with E-state index in [1.54, 1.807) is 0 Å². The summed E-state index contributed by atoms with van der Waals surface area (Å²) in [4.78, 5) is 12.4. The summed E-state index contributed by atoms with van der Waals surface area (Å²) in [5, 5.41) is 92.3. The molecule has 0 radical (unpaired) electrons. The van der Waals surface area contributed by atoms with Gasteiger partial charge in [0.1, 0.15) is 67.2 Å². The Hall–Kier alpha value is -1.24. The fourth-order valence-corrected chi connectivity index (χ4v) is 6.63. The molecule has 9 N–H and O–H groups in total. The molecule has 0 aromatic rings. The van der Waals surface area contributed by atoms with Crippen molar-refractivity contribution in [3.05, 3.63) is 0 Å². The molecule has 4 heterocycles. The van der Waals surface area contributed by atoms with Crippen LogP contribution >= 0.6 is 0 Å². The molecular weight excluding hydrogens is 677 g/mol. The van der Waals surface area contributed by atoms with Crippen LogP contribution in [0.15, 0.2) is 0 Å². The third-order valence-corrected chi connectivity index (χ3v) is 9.64. The first-order chi connectivity index (χ1) is 23.9. The van der Waals surface area contributed by atoms with Crippen LogP contribution in [0.25, 0.3) is 0 Å². The van der Waals surface area contributed by atoms with Gasteiger partial charge in [-0.2, -0.15) is 0 Å². The number of methoxy groups -OCH3 is 1. The zero-order valence-corrected chi connectivity index (χ0v) is 28.0. The van der Waals surface area contributed by atoms with Crippen molar-refractivity contribution in [2.24, 2.45) is 0 Å². The van der Waals surface area contributed by atoms with E-state index in [1.807, 2.05) is 0 Å². The minimum atomic E-state index is -1.72. The van der Waals surface area contributed by atoms with Crippen LogP contribution in [0.5, 0.6) is 0 Å². The highest BCUT2D eigenvalue weighted by Crippen LogP contribution is 2.31. The van der Waals surface area contributed by atoms with Gasteiger partial charge in [0.05, 0.1) is 39.1 Å². The number of unbranched alkanes of at least 4 members (excludes halogenated alkanes) is 5. The molecule has 0 aromatic heterocycles. The summed E-state index contributed by atoms with van der Waals surface area (Å²) in [6.07, 6.45) is -15.3. The lowest BCUT2D eigenvalue weighted by molar-refractivity contribution is -0.218. The van der Waals surface area contributed by atoms with Crippen molar-refractivity contribution in [3.8, 4) is 0 Å². The number of halogens is 1. The second-order valence-electron chi connectivity index (χ2n) is 13.3. The van der Waals surface area contributed by atoms with E-state index < -0.39 is 111 Å². The number of esters is 1. The average molecular weight is 732 g/mol. The molecule has 4 aliphatic heterocycles. The van der Waals surface area contributed by atoms with Gasteiger partial charge in [-0.05, 0) is 12.8 Å². The van der Waals surface area contributed by atoms with Crippen molar-refractivity contribution >= 4 is 5.97 Å². The SMILES string of the molecule is COC(=O)CCCCCCCCO[C@H]1O[C@H](CO[C@H]2O[C@H](CO[C@H]3O[C@H](CN4C[C@@H](F)[C@H](O)[C@@H]4[C@@H](O)CO)[C@@H](O)[C@@H]3O)[C@@H](O)[C@@H]2O)[C@@H](O)[C@@H]1O. The van der Waals surface area contributed by atoms with E-state index in [2.05, 4.69) is 4.74 Å². The molecule has 0 spiro atoms. The fourth-order valence-electron chi connectivity index (χ4n) is 6.63. The van der Waals surface area contributed by atoms with Gasteiger partial charge in [0.15, 0.2) is 18.9 Å². The average Bonchev–Trinajstić information content (AvgIpc) is 3.74. The second kappa shape index (κ2) is 19.7. The summed E-state index contributed by atoms with van der Waals surface area (Å²) >= 11 is 0. The maximum absolute atomic E-state index is 14.2. The summed E-state index contributed by atoms with van der Waals surface area (Å²) in [5.74, 6) is -0.220. The fraction of sp³-hybridized carbons (Fsp3) is 0.968. The molecule has 19 heteroatoms. The Morgan fingerprint density at radius 1 is 0.720 bits per heavy atom. The van der Waals surface area contributed by atoms with Crippen molar-refractivity contribution < 1.29 is 88.3 Å². The summed E-state index contributed by atoms with van der Waals surface area (Å²) in [6.45, 7) is -1.73. The predicted octanol–water partition coefficient (Wildman–Crippen LogP) is -3.98. The van der Waals surface area contributed by atoms with Crippen molar-refractivity contribution in [2.45, 2.75) is 143 Å². The predicted molar refractivity (Wildman–Crippen MR) is 164 cm³/mol. The van der Waals surface area contributed by atoms with Gasteiger partial charge in [-0.25, -0.2) is 4.39 Å². The van der Waals surface area contributed by atoms with Crippen LogP contribution in [0.4, 0.5) is 4.39 Å². The highest BCUT2D eigenvalue weighted by Gasteiger charge is 2.51. The topological polar surface area (TPSA) is 267 Å². The number of hydrogen-bond donors (Lipinski definition) is 9. The van der Waals surface area contributed by atoms with Crippen LogP contribution in [-0.4, -0.2) is 202 Å². The van der Waals surface area contributed by atoms with Crippen LogP contribution in [0.2, 0.25) is 0 Å². The summed E-state index contributed by atoms with van der Waals surface area (Å²) in [7, 11) is 1.36. The maximum atomic E-state index is 14.2. The summed E-state index contributed by atoms with van der Waals surface area (Å²) in [6, 6.07) is -1.17. The third-order valence-electron chi connectivity index (χ3n) is 9.64. The Kier molecular flexibility index (Phi) is 16.4. The van der Waals surface area contributed by atoms with Crippen molar-refractivity contribution in [1.82, 2.24) is 4.90 Å². The van der Waals surface area contributed by atoms with E-state index in [1.165, 1.54) is 12.0 Å². The number of ether oxygens (including phenoxy) is 7. The lowest BCUT2D eigenvalue weighted by Gasteiger charge is -2.31. The first-order valence-electron chi connectivity index (χ1n) is 17.2. The normalized spacial score (nSPS) is 41.3. The number of carbonyl (C=O) groups is 1. The van der Waals surface area contributed by atoms with E-state index in [9.17, 15) is 55.1 Å². The van der Waals surface area contributed by atoms with E-state index >= 15 is 0 Å². The van der Waals surface area contributed by atoms with Crippen LogP contribution in [0.1, 0.15) is 44.9 Å². The Morgan fingerprint density at radius 3 is 1.74 bits per heavy atom. The second-order valence-corrected chi connectivity index (χ2v) is 13.3. The lowest BCUT2D eigenvalue weighted by atomic mass is 10.0. The van der Waals surface area contributed by atoms with Gasteiger partial charge < -0.3 is 79.1 Å². The number of likely N-dealkylation sites (tertiary alicyclic amines) is 1. The molecule has 0 aliphatic carbocycles. The number of hydrogen-bond acceptors (Lipinski definition) is 18. The largest absolute Gasteiger partial charge is 0.469 e. The van der Waals surface area contributed by atoms with Crippen molar-refractivity contribution in [3.63, 3.8) is 0 Å². The van der Waals surface area contributed by atoms with Crippen molar-refractivity contribution in [1.29, 1.82) is 0 Å². The number of aliphatic hydroxyl groups is 9. The van der Waals surface area contributed by atoms with Gasteiger partial charge in [0.25, 0.3) is 0 Å². The molecule has 0 saturated carbocycles. The molecule has 0 amide bonds. The number of carbonyl (C=O) groups excluding carboxylic acids is 1. The summed E-state index contributed by atoms with van der Waals surface area (Å²) < 4.78 is 52.3. The molecule has 50 heavy (non-hydrogen) atoms. The molecule has 16 atom stereocenters. The smallest absolute Gasteiger partial charge is 0.305 e. The number of aliphatic hydroxyl groups excluding tert-OH is 9. The molecule has 0 aromatic carbocycles. The third kappa shape index (κ3) is 10.5. The first-order valence-corrected chi connectivity index (χ1v) is 17.2. The zero-order valence-electron chi connectivity index (χ0n) is 28.0. The maximum Gasteiger partial charge on any atom is 0.305 e. The van der Waals surface area contributed by atoms with Crippen LogP contribution in [-0.2, 0) is 38.0 Å². The number of alkyl halides is 1. The molecular formula is C31H54FNO17. The highest BCUT2D eigenvalue weighted by atomic mass is 19.1.